The maximum atomic E-state index is 12.3. The van der Waals surface area contributed by atoms with Crippen molar-refractivity contribution in [3.8, 4) is 11.5 Å². The van der Waals surface area contributed by atoms with Crippen molar-refractivity contribution in [3.63, 3.8) is 0 Å². The highest BCUT2D eigenvalue weighted by Crippen LogP contribution is 2.32. The summed E-state index contributed by atoms with van der Waals surface area (Å²) in [5, 5.41) is 14.1. The predicted octanol–water partition coefficient (Wildman–Crippen LogP) is 3.19. The summed E-state index contributed by atoms with van der Waals surface area (Å²) in [6.45, 7) is 2.61. The van der Waals surface area contributed by atoms with E-state index in [1.807, 2.05) is 49.4 Å². The molecule has 2 aromatic carbocycles. The van der Waals surface area contributed by atoms with Gasteiger partial charge in [0.15, 0.2) is 23.0 Å². The molecule has 0 radical (unpaired) electrons. The van der Waals surface area contributed by atoms with Crippen molar-refractivity contribution in [3.05, 3.63) is 71.4 Å². The van der Waals surface area contributed by atoms with Gasteiger partial charge in [-0.05, 0) is 54.4 Å². The Bertz CT molecular complexity index is 973. The highest BCUT2D eigenvalue weighted by molar-refractivity contribution is 5.92. The molecule has 4 rings (SSSR count). The van der Waals surface area contributed by atoms with Gasteiger partial charge in [-0.25, -0.2) is 0 Å². The number of anilines is 2. The van der Waals surface area contributed by atoms with Crippen LogP contribution in [-0.2, 0) is 6.54 Å². The van der Waals surface area contributed by atoms with E-state index in [2.05, 4.69) is 20.8 Å². The Kier molecular flexibility index (Phi) is 4.57. The summed E-state index contributed by atoms with van der Waals surface area (Å²) < 4.78 is 10.6. The molecule has 0 saturated carbocycles. The number of nitrogens with zero attached hydrogens (tertiary/aromatic N) is 2. The lowest BCUT2D eigenvalue weighted by Crippen LogP contribution is -2.24. The van der Waals surface area contributed by atoms with Crippen molar-refractivity contribution >= 4 is 17.4 Å². The summed E-state index contributed by atoms with van der Waals surface area (Å²) in [6.07, 6.45) is 0. The van der Waals surface area contributed by atoms with Crippen molar-refractivity contribution in [1.29, 1.82) is 0 Å². The molecule has 3 aromatic rings. The van der Waals surface area contributed by atoms with Crippen LogP contribution >= 0.6 is 0 Å². The van der Waals surface area contributed by atoms with Gasteiger partial charge in [0.05, 0.1) is 0 Å². The van der Waals surface area contributed by atoms with Gasteiger partial charge in [-0.3, -0.25) is 4.79 Å². The number of aromatic nitrogens is 2. The molecule has 27 heavy (non-hydrogen) atoms. The van der Waals surface area contributed by atoms with Crippen molar-refractivity contribution < 1.29 is 14.3 Å². The summed E-state index contributed by atoms with van der Waals surface area (Å²) in [4.78, 5) is 12.3. The number of fused-ring (bicyclic) bond motifs is 1. The lowest BCUT2D eigenvalue weighted by atomic mass is 10.2. The smallest absolute Gasteiger partial charge is 0.272 e. The molecule has 7 heteroatoms. The predicted molar refractivity (Wildman–Crippen MR) is 100 cm³/mol. The fourth-order valence-electron chi connectivity index (χ4n) is 2.71. The average molecular weight is 362 g/mol. The normalized spacial score (nSPS) is 11.9. The van der Waals surface area contributed by atoms with Gasteiger partial charge >= 0.3 is 0 Å². The third-order valence-electron chi connectivity index (χ3n) is 4.08. The summed E-state index contributed by atoms with van der Waals surface area (Å²) in [5.41, 5.74) is 3.24. The van der Waals surface area contributed by atoms with E-state index in [0.29, 0.717) is 23.9 Å². The zero-order chi connectivity index (χ0) is 18.6. The maximum absolute atomic E-state index is 12.3. The lowest BCUT2D eigenvalue weighted by Gasteiger charge is -2.07. The number of amides is 1. The summed E-state index contributed by atoms with van der Waals surface area (Å²) in [6, 6.07) is 16.9. The molecule has 1 aliphatic heterocycles. The Morgan fingerprint density at radius 2 is 1.93 bits per heavy atom. The third-order valence-corrected chi connectivity index (χ3v) is 4.08. The van der Waals surface area contributed by atoms with Crippen LogP contribution in [-0.4, -0.2) is 22.9 Å². The third kappa shape index (κ3) is 3.98. The van der Waals surface area contributed by atoms with Gasteiger partial charge in [-0.1, -0.05) is 18.2 Å². The van der Waals surface area contributed by atoms with Crippen molar-refractivity contribution in [1.82, 2.24) is 15.5 Å². The Morgan fingerprint density at radius 3 is 2.74 bits per heavy atom. The number of aryl methyl sites for hydroxylation is 1. The van der Waals surface area contributed by atoms with Crippen molar-refractivity contribution in [2.45, 2.75) is 13.5 Å². The van der Waals surface area contributed by atoms with E-state index >= 15 is 0 Å². The van der Waals surface area contributed by atoms with Crippen LogP contribution in [0.2, 0.25) is 0 Å². The van der Waals surface area contributed by atoms with E-state index in [4.69, 9.17) is 9.47 Å². The van der Waals surface area contributed by atoms with Crippen LogP contribution in [0.1, 0.15) is 21.6 Å². The molecule has 0 bridgehead atoms. The van der Waals surface area contributed by atoms with Crippen LogP contribution in [0.5, 0.6) is 11.5 Å². The Hall–Kier alpha value is -3.61. The SMILES string of the molecule is Cc1cccc(Nc2ccc(C(=O)NCc3ccc4c(c3)OCO4)nn2)c1. The molecular formula is C20H18N4O3. The first kappa shape index (κ1) is 16.8. The molecule has 0 aliphatic carbocycles. The minimum Gasteiger partial charge on any atom is -0.454 e. The molecule has 0 unspecified atom stereocenters. The average Bonchev–Trinajstić information content (AvgIpc) is 3.14. The van der Waals surface area contributed by atoms with Crippen LogP contribution in [0.15, 0.2) is 54.6 Å². The second-order valence-electron chi connectivity index (χ2n) is 6.17. The van der Waals surface area contributed by atoms with Crippen LogP contribution < -0.4 is 20.1 Å². The van der Waals surface area contributed by atoms with Crippen LogP contribution in [0.4, 0.5) is 11.5 Å². The fraction of sp³-hybridized carbons (Fsp3) is 0.150. The molecule has 0 saturated heterocycles. The van der Waals surface area contributed by atoms with Crippen LogP contribution in [0.25, 0.3) is 0 Å². The van der Waals surface area contributed by atoms with Gasteiger partial charge in [0.2, 0.25) is 6.79 Å². The quantitative estimate of drug-likeness (QED) is 0.725. The first-order chi connectivity index (χ1) is 13.2. The zero-order valence-electron chi connectivity index (χ0n) is 14.7. The first-order valence-electron chi connectivity index (χ1n) is 8.51. The minimum atomic E-state index is -0.290. The molecule has 1 aliphatic rings. The highest BCUT2D eigenvalue weighted by atomic mass is 16.7. The Balaban J connectivity index is 1.36. The molecule has 0 fully saturated rings. The van der Waals surface area contributed by atoms with E-state index < -0.39 is 0 Å². The topological polar surface area (TPSA) is 85.4 Å². The summed E-state index contributed by atoms with van der Waals surface area (Å²) >= 11 is 0. The molecule has 136 valence electrons. The summed E-state index contributed by atoms with van der Waals surface area (Å²) in [7, 11) is 0. The number of ether oxygens (including phenoxy) is 2. The second kappa shape index (κ2) is 7.33. The Labute approximate surface area is 156 Å². The van der Waals surface area contributed by atoms with E-state index in [-0.39, 0.29) is 18.4 Å². The number of hydrogen-bond donors (Lipinski definition) is 2. The number of benzene rings is 2. The van der Waals surface area contributed by atoms with Gasteiger partial charge in [-0.15, -0.1) is 10.2 Å². The van der Waals surface area contributed by atoms with Gasteiger partial charge in [-0.2, -0.15) is 0 Å². The molecule has 7 nitrogen and oxygen atoms in total. The van der Waals surface area contributed by atoms with Crippen molar-refractivity contribution in [2.24, 2.45) is 0 Å². The van der Waals surface area contributed by atoms with Gasteiger partial charge in [0, 0.05) is 12.2 Å². The van der Waals surface area contributed by atoms with E-state index in [1.165, 1.54) is 0 Å². The molecular weight excluding hydrogens is 344 g/mol. The first-order valence-corrected chi connectivity index (χ1v) is 8.51. The zero-order valence-corrected chi connectivity index (χ0v) is 14.7. The van der Waals surface area contributed by atoms with Gasteiger partial charge in [0.1, 0.15) is 0 Å². The highest BCUT2D eigenvalue weighted by Gasteiger charge is 2.14. The summed E-state index contributed by atoms with van der Waals surface area (Å²) in [5.74, 6) is 1.69. The van der Waals surface area contributed by atoms with Crippen molar-refractivity contribution in [2.75, 3.05) is 12.1 Å². The number of hydrogen-bond acceptors (Lipinski definition) is 6. The monoisotopic (exact) mass is 362 g/mol. The maximum Gasteiger partial charge on any atom is 0.272 e. The number of carbonyl (C=O) groups excluding carboxylic acids is 1. The number of nitrogens with one attached hydrogen (secondary N) is 2. The van der Waals surface area contributed by atoms with Crippen LogP contribution in [0, 0.1) is 6.92 Å². The van der Waals surface area contributed by atoms with Gasteiger partial charge in [0.25, 0.3) is 5.91 Å². The van der Waals surface area contributed by atoms with Crippen LogP contribution in [0.3, 0.4) is 0 Å². The number of rotatable bonds is 5. The Morgan fingerprint density at radius 1 is 1.04 bits per heavy atom. The largest absolute Gasteiger partial charge is 0.454 e. The van der Waals surface area contributed by atoms with E-state index in [1.54, 1.807) is 12.1 Å². The lowest BCUT2D eigenvalue weighted by molar-refractivity contribution is 0.0945. The molecule has 1 aromatic heterocycles. The standard InChI is InChI=1S/C20H18N4O3/c1-13-3-2-4-15(9-13)22-19-8-6-16(23-24-19)20(25)21-11-14-5-7-17-18(10-14)27-12-26-17/h2-10H,11-12H2,1H3,(H,21,25)(H,22,24). The molecule has 1 amide bonds. The number of carbonyl (C=O) groups is 1. The fourth-order valence-corrected chi connectivity index (χ4v) is 2.71. The van der Waals surface area contributed by atoms with Gasteiger partial charge < -0.3 is 20.1 Å². The second-order valence-corrected chi connectivity index (χ2v) is 6.17. The molecule has 0 atom stereocenters. The molecule has 2 heterocycles. The minimum absolute atomic E-state index is 0.226. The van der Waals surface area contributed by atoms with E-state index in [0.717, 1.165) is 16.8 Å². The molecule has 2 N–H and O–H groups in total. The molecule has 0 spiro atoms. The van der Waals surface area contributed by atoms with E-state index in [9.17, 15) is 4.79 Å².